The highest BCUT2D eigenvalue weighted by molar-refractivity contribution is 5.80. The number of pyridine rings is 1. The molecule has 5 heteroatoms. The standard InChI is InChI=1S/C43H35N5/c44-27-28-6-8-32(9-7-28)36-21-37(33-10-12-39(13-11-33)43-24-29-18-30(25-43)20-31(19-29)26-43)23-38(22-36)42-47-40(34-4-2-1-3-5-34)46-41(48-42)35-14-16-45-17-15-35/h1-17,21-23,29-31H,18-20,24-26H2/t29-,30+,31-,43?. The van der Waals surface area contributed by atoms with Crippen molar-refractivity contribution >= 4 is 0 Å². The molecule has 10 rings (SSSR count). The molecule has 2 heterocycles. The summed E-state index contributed by atoms with van der Waals surface area (Å²) in [5.74, 6) is 4.59. The van der Waals surface area contributed by atoms with Crippen molar-refractivity contribution in [3.8, 4) is 62.5 Å². The van der Waals surface area contributed by atoms with Crippen LogP contribution in [-0.4, -0.2) is 19.9 Å². The van der Waals surface area contributed by atoms with Crippen molar-refractivity contribution in [2.75, 3.05) is 0 Å². The Labute approximate surface area is 281 Å². The van der Waals surface area contributed by atoms with Crippen LogP contribution in [-0.2, 0) is 5.41 Å². The lowest BCUT2D eigenvalue weighted by Crippen LogP contribution is -2.48. The second-order valence-electron chi connectivity index (χ2n) is 14.2. The summed E-state index contributed by atoms with van der Waals surface area (Å²) in [6, 6.07) is 40.0. The fourth-order valence-corrected chi connectivity index (χ4v) is 9.16. The molecule has 0 radical (unpaired) electrons. The van der Waals surface area contributed by atoms with Gasteiger partial charge in [-0.3, -0.25) is 4.98 Å². The highest BCUT2D eigenvalue weighted by atomic mass is 15.0. The van der Waals surface area contributed by atoms with E-state index in [1.165, 1.54) is 49.7 Å². The minimum absolute atomic E-state index is 0.366. The fourth-order valence-electron chi connectivity index (χ4n) is 9.16. The Morgan fingerprint density at radius 2 is 0.979 bits per heavy atom. The van der Waals surface area contributed by atoms with Crippen molar-refractivity contribution in [3.05, 3.63) is 133 Å². The minimum atomic E-state index is 0.366. The van der Waals surface area contributed by atoms with E-state index in [1.807, 2.05) is 66.7 Å². The summed E-state index contributed by atoms with van der Waals surface area (Å²) >= 11 is 0. The maximum atomic E-state index is 9.44. The number of nitriles is 1. The quantitative estimate of drug-likeness (QED) is 0.185. The molecular weight excluding hydrogens is 587 g/mol. The molecule has 0 aliphatic heterocycles. The monoisotopic (exact) mass is 621 g/mol. The molecule has 0 spiro atoms. The zero-order valence-corrected chi connectivity index (χ0v) is 26.8. The molecule has 0 saturated heterocycles. The van der Waals surface area contributed by atoms with Gasteiger partial charge in [0.05, 0.1) is 11.6 Å². The van der Waals surface area contributed by atoms with Crippen molar-refractivity contribution in [1.29, 1.82) is 5.26 Å². The van der Waals surface area contributed by atoms with Gasteiger partial charge in [-0.1, -0.05) is 66.7 Å². The Morgan fingerprint density at radius 1 is 0.500 bits per heavy atom. The van der Waals surface area contributed by atoms with Gasteiger partial charge < -0.3 is 0 Å². The number of hydrogen-bond acceptors (Lipinski definition) is 5. The second-order valence-corrected chi connectivity index (χ2v) is 14.2. The van der Waals surface area contributed by atoms with Crippen LogP contribution < -0.4 is 0 Å². The van der Waals surface area contributed by atoms with E-state index in [2.05, 4.69) is 53.5 Å². The van der Waals surface area contributed by atoms with E-state index >= 15 is 0 Å². The lowest BCUT2D eigenvalue weighted by atomic mass is 9.48. The van der Waals surface area contributed by atoms with E-state index in [1.54, 1.807) is 12.4 Å². The molecular formula is C43H35N5. The molecule has 0 N–H and O–H groups in total. The van der Waals surface area contributed by atoms with E-state index in [0.29, 0.717) is 28.5 Å². The summed E-state index contributed by atoms with van der Waals surface area (Å²) in [6.45, 7) is 0. The SMILES string of the molecule is N#Cc1ccc(-c2cc(-c3ccc(C45C[C@H]6C[C@@H](C4)C[C@@H](C5)C6)cc3)cc(-c3nc(-c4ccccc4)nc(-c4ccncc4)n3)c2)cc1. The maximum absolute atomic E-state index is 9.44. The number of aromatic nitrogens is 4. The third-order valence-electron chi connectivity index (χ3n) is 11.0. The summed E-state index contributed by atoms with van der Waals surface area (Å²) in [6.07, 6.45) is 12.0. The van der Waals surface area contributed by atoms with Gasteiger partial charge in [-0.05, 0) is 132 Å². The first-order valence-corrected chi connectivity index (χ1v) is 17.1. The minimum Gasteiger partial charge on any atom is -0.265 e. The molecule has 0 unspecified atom stereocenters. The van der Waals surface area contributed by atoms with Crippen LogP contribution in [0.25, 0.3) is 56.4 Å². The second kappa shape index (κ2) is 11.6. The first kappa shape index (κ1) is 28.7. The van der Waals surface area contributed by atoms with Crippen molar-refractivity contribution in [2.24, 2.45) is 17.8 Å². The Morgan fingerprint density at radius 3 is 1.52 bits per heavy atom. The fraction of sp³-hybridized carbons (Fsp3) is 0.233. The first-order valence-electron chi connectivity index (χ1n) is 17.1. The van der Waals surface area contributed by atoms with E-state index in [-0.39, 0.29) is 0 Å². The summed E-state index contributed by atoms with van der Waals surface area (Å²) in [5, 5.41) is 9.44. The number of nitrogens with zero attached hydrogens (tertiary/aromatic N) is 5. The van der Waals surface area contributed by atoms with Gasteiger partial charge in [0.25, 0.3) is 0 Å². The zero-order valence-electron chi connectivity index (χ0n) is 26.8. The molecule has 4 aliphatic rings. The molecule has 4 aliphatic carbocycles. The largest absolute Gasteiger partial charge is 0.265 e. The molecule has 232 valence electrons. The topological polar surface area (TPSA) is 75.3 Å². The van der Waals surface area contributed by atoms with E-state index in [4.69, 9.17) is 15.0 Å². The van der Waals surface area contributed by atoms with Gasteiger partial charge in [-0.25, -0.2) is 15.0 Å². The van der Waals surface area contributed by atoms with Crippen LogP contribution >= 0.6 is 0 Å². The lowest BCUT2D eigenvalue weighted by molar-refractivity contribution is -0.00518. The molecule has 48 heavy (non-hydrogen) atoms. The Bertz CT molecular complexity index is 2060. The maximum Gasteiger partial charge on any atom is 0.164 e. The van der Waals surface area contributed by atoms with Crippen molar-refractivity contribution < 1.29 is 0 Å². The van der Waals surface area contributed by atoms with Crippen LogP contribution in [0.1, 0.15) is 49.7 Å². The van der Waals surface area contributed by atoms with Crippen LogP contribution in [0.5, 0.6) is 0 Å². The van der Waals surface area contributed by atoms with Crippen LogP contribution in [0.2, 0.25) is 0 Å². The number of benzene rings is 4. The van der Waals surface area contributed by atoms with Crippen LogP contribution in [0.15, 0.2) is 122 Å². The molecule has 4 bridgehead atoms. The van der Waals surface area contributed by atoms with E-state index in [0.717, 1.165) is 51.1 Å². The molecule has 0 atom stereocenters. The number of rotatable bonds is 6. The molecule has 4 aromatic carbocycles. The van der Waals surface area contributed by atoms with Crippen LogP contribution in [0.4, 0.5) is 0 Å². The lowest BCUT2D eigenvalue weighted by Gasteiger charge is -2.57. The summed E-state index contributed by atoms with van der Waals surface area (Å²) in [5.41, 5.74) is 9.62. The van der Waals surface area contributed by atoms with E-state index < -0.39 is 0 Å². The third kappa shape index (κ3) is 5.28. The van der Waals surface area contributed by atoms with Gasteiger partial charge in [-0.15, -0.1) is 0 Å². The van der Waals surface area contributed by atoms with Gasteiger partial charge in [0.1, 0.15) is 0 Å². The van der Waals surface area contributed by atoms with Crippen LogP contribution in [0.3, 0.4) is 0 Å². The van der Waals surface area contributed by atoms with Gasteiger partial charge in [-0.2, -0.15) is 5.26 Å². The van der Waals surface area contributed by atoms with Crippen molar-refractivity contribution in [1.82, 2.24) is 19.9 Å². The number of hydrogen-bond donors (Lipinski definition) is 0. The predicted molar refractivity (Wildman–Crippen MR) is 189 cm³/mol. The highest BCUT2D eigenvalue weighted by Crippen LogP contribution is 2.60. The van der Waals surface area contributed by atoms with Crippen molar-refractivity contribution in [2.45, 2.75) is 43.9 Å². The molecule has 4 saturated carbocycles. The Hall–Kier alpha value is -5.47. The average molecular weight is 622 g/mol. The molecule has 2 aromatic heterocycles. The third-order valence-corrected chi connectivity index (χ3v) is 11.0. The Balaban J connectivity index is 1.17. The van der Waals surface area contributed by atoms with Crippen molar-refractivity contribution in [3.63, 3.8) is 0 Å². The van der Waals surface area contributed by atoms with E-state index in [9.17, 15) is 5.26 Å². The normalized spacial score (nSPS) is 22.4. The summed E-state index contributed by atoms with van der Waals surface area (Å²) < 4.78 is 0. The zero-order chi connectivity index (χ0) is 32.1. The predicted octanol–water partition coefficient (Wildman–Crippen LogP) is 9.94. The molecule has 0 amide bonds. The summed E-state index contributed by atoms with van der Waals surface area (Å²) in [7, 11) is 0. The highest BCUT2D eigenvalue weighted by Gasteiger charge is 2.51. The Kier molecular flexibility index (Phi) is 6.97. The van der Waals surface area contributed by atoms with Gasteiger partial charge in [0.15, 0.2) is 17.5 Å². The van der Waals surface area contributed by atoms with Gasteiger partial charge >= 0.3 is 0 Å². The molecule has 5 nitrogen and oxygen atoms in total. The van der Waals surface area contributed by atoms with Gasteiger partial charge in [0, 0.05) is 29.1 Å². The van der Waals surface area contributed by atoms with Crippen LogP contribution in [0, 0.1) is 29.1 Å². The molecule has 4 fully saturated rings. The average Bonchev–Trinajstić information content (AvgIpc) is 3.15. The smallest absolute Gasteiger partial charge is 0.164 e. The first-order chi connectivity index (χ1) is 23.6. The molecule has 6 aromatic rings. The van der Waals surface area contributed by atoms with Gasteiger partial charge in [0.2, 0.25) is 0 Å². The summed E-state index contributed by atoms with van der Waals surface area (Å²) in [4.78, 5) is 19.1.